The average molecular weight is 703 g/mol. The summed E-state index contributed by atoms with van der Waals surface area (Å²) in [5, 5.41) is 37.1. The molecule has 0 unspecified atom stereocenters. The minimum atomic E-state index is -1.18. The van der Waals surface area contributed by atoms with Crippen molar-refractivity contribution >= 4 is 43.8 Å². The van der Waals surface area contributed by atoms with Crippen LogP contribution >= 0.6 is 11.3 Å². The third-order valence-electron chi connectivity index (χ3n) is 8.31. The monoisotopic (exact) mass is 702 g/mol. The molecule has 0 saturated carbocycles. The van der Waals surface area contributed by atoms with Crippen molar-refractivity contribution in [1.29, 1.82) is 0 Å². The first kappa shape index (κ1) is 35.3. The lowest BCUT2D eigenvalue weighted by Crippen LogP contribution is -2.51. The maximum absolute atomic E-state index is 10.3. The van der Waals surface area contributed by atoms with Crippen LogP contribution in [0.2, 0.25) is 0 Å². The lowest BCUT2D eigenvalue weighted by molar-refractivity contribution is -0.665. The number of benzene rings is 3. The molecule has 50 heavy (non-hydrogen) atoms. The van der Waals surface area contributed by atoms with Gasteiger partial charge in [0.05, 0.1) is 31.3 Å². The van der Waals surface area contributed by atoms with Gasteiger partial charge >= 0.3 is 0 Å². The van der Waals surface area contributed by atoms with E-state index in [-0.39, 0.29) is 6.42 Å². The summed E-state index contributed by atoms with van der Waals surface area (Å²) in [6.07, 6.45) is 3.48. The number of hydrogen-bond donors (Lipinski definition) is 4. The van der Waals surface area contributed by atoms with Crippen LogP contribution in [0.1, 0.15) is 17.5 Å². The third-order valence-corrected chi connectivity index (χ3v) is 9.30. The predicted octanol–water partition coefficient (Wildman–Crippen LogP) is 3.77. The molecular formula is C37H40N3O9S+. The van der Waals surface area contributed by atoms with Gasteiger partial charge in [-0.1, -0.05) is 12.0 Å². The molecule has 0 spiro atoms. The summed E-state index contributed by atoms with van der Waals surface area (Å²) in [5.74, 6) is 4.95. The fourth-order valence-electron chi connectivity index (χ4n) is 5.77. The molecule has 12 nitrogen and oxygen atoms in total. The first-order chi connectivity index (χ1) is 24.4. The van der Waals surface area contributed by atoms with Gasteiger partial charge in [0.2, 0.25) is 6.29 Å². The highest BCUT2D eigenvalue weighted by Crippen LogP contribution is 2.37. The fraction of sp³-hybridized carbons (Fsp3) is 0.351. The highest BCUT2D eigenvalue weighted by molar-refractivity contribution is 7.17. The Morgan fingerprint density at radius 3 is 2.50 bits per heavy atom. The molecule has 3 aromatic carbocycles. The number of aliphatic hydroxyl groups is 3. The molecule has 1 aliphatic rings. The van der Waals surface area contributed by atoms with Crippen molar-refractivity contribution in [3.05, 3.63) is 77.4 Å². The van der Waals surface area contributed by atoms with Gasteiger partial charge in [0.15, 0.2) is 11.5 Å². The Morgan fingerprint density at radius 2 is 1.76 bits per heavy atom. The zero-order valence-corrected chi connectivity index (χ0v) is 28.6. The van der Waals surface area contributed by atoms with Gasteiger partial charge in [0.1, 0.15) is 43.2 Å². The maximum atomic E-state index is 10.3. The van der Waals surface area contributed by atoms with Crippen molar-refractivity contribution < 1.29 is 48.3 Å². The number of thiophene rings is 1. The van der Waals surface area contributed by atoms with Crippen molar-refractivity contribution in [3.63, 3.8) is 0 Å². The van der Waals surface area contributed by atoms with Crippen LogP contribution in [0.4, 0.5) is 11.5 Å². The first-order valence-corrected chi connectivity index (χ1v) is 17.0. The van der Waals surface area contributed by atoms with Crippen LogP contribution in [0.3, 0.4) is 0 Å². The van der Waals surface area contributed by atoms with Crippen molar-refractivity contribution in [2.45, 2.75) is 37.6 Å². The van der Waals surface area contributed by atoms with Crippen molar-refractivity contribution in [1.82, 2.24) is 4.98 Å². The van der Waals surface area contributed by atoms with Crippen LogP contribution in [0.5, 0.6) is 17.2 Å². The highest BCUT2D eigenvalue weighted by Gasteiger charge is 2.37. The largest absolute Gasteiger partial charge is 0.487 e. The van der Waals surface area contributed by atoms with Gasteiger partial charge in [-0.3, -0.25) is 0 Å². The summed E-state index contributed by atoms with van der Waals surface area (Å²) in [4.78, 5) is 4.84. The van der Waals surface area contributed by atoms with Crippen LogP contribution in [-0.4, -0.2) is 92.2 Å². The van der Waals surface area contributed by atoms with Gasteiger partial charge in [0.25, 0.3) is 12.1 Å². The van der Waals surface area contributed by atoms with Gasteiger partial charge in [-0.2, -0.15) is 0 Å². The van der Waals surface area contributed by atoms with Crippen LogP contribution in [0.25, 0.3) is 21.0 Å². The lowest BCUT2D eigenvalue weighted by atomic mass is 10.0. The van der Waals surface area contributed by atoms with E-state index < -0.39 is 31.2 Å². The summed E-state index contributed by atoms with van der Waals surface area (Å²) in [7, 11) is 3.24. The van der Waals surface area contributed by atoms with Crippen LogP contribution in [0, 0.1) is 12.3 Å². The molecule has 1 fully saturated rings. The van der Waals surface area contributed by atoms with Crippen molar-refractivity contribution in [2.24, 2.45) is 0 Å². The van der Waals surface area contributed by atoms with E-state index >= 15 is 0 Å². The average Bonchev–Trinajstić information content (AvgIpc) is 3.63. The number of hydrogen-bond acceptors (Lipinski definition) is 12. The molecule has 3 heterocycles. The molecule has 1 saturated heterocycles. The maximum Gasteiger partial charge on any atom is 0.289 e. The van der Waals surface area contributed by atoms with Gasteiger partial charge in [-0.15, -0.1) is 17.8 Å². The standard InChI is InChI=1S/C37H39N3O9S/c1-4-23-6-5-7-25(16-23)39-37-27-17-31(46-13-11-44-2)32(47-14-12-45-3)18-28(27)40(22-38-37)20-24-8-9-30(26-10-15-50-36(24)26)48-34-19-29(42)35(43)33(21-41)49-34/h1,5-10,15-18,22,29,33-35,41-43H,11-14,19-21H2,2-3H3/p+1/t29-,33-,34-,35-/m1/s1. The molecule has 0 amide bonds. The molecule has 0 radical (unpaired) electrons. The second kappa shape index (κ2) is 16.5. The van der Waals surface area contributed by atoms with E-state index in [1.54, 1.807) is 31.9 Å². The molecule has 1 aliphatic heterocycles. The van der Waals surface area contributed by atoms with E-state index in [9.17, 15) is 15.3 Å². The van der Waals surface area contributed by atoms with Gasteiger partial charge in [-0.25, -0.2) is 4.57 Å². The highest BCUT2D eigenvalue weighted by atomic mass is 32.1. The number of anilines is 2. The summed E-state index contributed by atoms with van der Waals surface area (Å²) >= 11 is 1.58. The van der Waals surface area contributed by atoms with Crippen LogP contribution in [-0.2, 0) is 20.8 Å². The van der Waals surface area contributed by atoms with E-state index in [1.807, 2.05) is 64.5 Å². The predicted molar refractivity (Wildman–Crippen MR) is 188 cm³/mol. The number of ether oxygens (including phenoxy) is 6. The van der Waals surface area contributed by atoms with Gasteiger partial charge in [0, 0.05) is 59.7 Å². The normalized spacial score (nSPS) is 19.0. The van der Waals surface area contributed by atoms with Crippen molar-refractivity contribution in [3.8, 4) is 29.6 Å². The summed E-state index contributed by atoms with van der Waals surface area (Å²) in [6.45, 7) is 1.49. The Labute approximate surface area is 293 Å². The molecule has 6 rings (SSSR count). The SMILES string of the molecule is C#Cc1cccc(Nc2nc[n+](Cc3ccc(O[C@H]4C[C@@H](O)[C@@H](O)[C@@H](CO)O4)c4ccsc34)c3cc(OCCOC)c(OCCOC)cc23)c1. The second-order valence-electron chi connectivity index (χ2n) is 11.7. The van der Waals surface area contributed by atoms with Crippen LogP contribution in [0.15, 0.2) is 66.3 Å². The van der Waals surface area contributed by atoms with Gasteiger partial charge in [-0.05, 0) is 46.8 Å². The molecule has 5 aromatic rings. The first-order valence-electron chi connectivity index (χ1n) is 16.1. The molecule has 0 aliphatic carbocycles. The molecular weight excluding hydrogens is 662 g/mol. The van der Waals surface area contributed by atoms with E-state index in [0.29, 0.717) is 56.0 Å². The summed E-state index contributed by atoms with van der Waals surface area (Å²) < 4.78 is 37.7. The molecule has 0 bridgehead atoms. The lowest BCUT2D eigenvalue weighted by Gasteiger charge is -2.36. The smallest absolute Gasteiger partial charge is 0.289 e. The Bertz CT molecular complexity index is 1960. The minimum Gasteiger partial charge on any atom is -0.487 e. The van der Waals surface area contributed by atoms with Gasteiger partial charge < -0.3 is 49.1 Å². The Balaban J connectivity index is 1.37. The molecule has 4 atom stereocenters. The number of rotatable bonds is 15. The Morgan fingerprint density at radius 1 is 0.980 bits per heavy atom. The molecule has 13 heteroatoms. The minimum absolute atomic E-state index is 0.0674. The van der Waals surface area contributed by atoms with Crippen LogP contribution < -0.4 is 24.1 Å². The number of aliphatic hydroxyl groups excluding tert-OH is 3. The Kier molecular flexibility index (Phi) is 11.6. The fourth-order valence-corrected chi connectivity index (χ4v) is 6.69. The number of fused-ring (bicyclic) bond motifs is 2. The second-order valence-corrected chi connectivity index (χ2v) is 12.6. The number of terminal acetylenes is 1. The quantitative estimate of drug-likeness (QED) is 0.0719. The zero-order valence-electron chi connectivity index (χ0n) is 27.8. The number of nitrogens with one attached hydrogen (secondary N) is 1. The molecule has 4 N–H and O–H groups in total. The number of nitrogens with zero attached hydrogens (tertiary/aromatic N) is 2. The third kappa shape index (κ3) is 7.93. The number of methoxy groups -OCH3 is 2. The zero-order chi connectivity index (χ0) is 35.0. The van der Waals surface area contributed by atoms with E-state index in [0.717, 1.165) is 37.8 Å². The molecule has 262 valence electrons. The Hall–Kier alpha value is -4.52. The van der Waals surface area contributed by atoms with E-state index in [2.05, 4.69) is 11.2 Å². The number of aromatic nitrogens is 2. The van der Waals surface area contributed by atoms with Crippen molar-refractivity contribution in [2.75, 3.05) is 52.6 Å². The summed E-state index contributed by atoms with van der Waals surface area (Å²) in [5.41, 5.74) is 3.39. The summed E-state index contributed by atoms with van der Waals surface area (Å²) in [6, 6.07) is 17.2. The van der Waals surface area contributed by atoms with E-state index in [4.69, 9.17) is 39.8 Å². The molecule has 2 aromatic heterocycles. The topological polar surface area (TPSA) is 145 Å². The van der Waals surface area contributed by atoms with E-state index in [1.165, 1.54) is 0 Å².